The molecule has 0 bridgehead atoms. The van der Waals surface area contributed by atoms with Crippen molar-refractivity contribution in [3.63, 3.8) is 0 Å². The van der Waals surface area contributed by atoms with Crippen LogP contribution >= 0.6 is 24.0 Å². The number of nitrogens with zero attached hydrogens (tertiary/aromatic N) is 1. The number of fused-ring (bicyclic) bond motifs is 1. The number of carbonyl (C=O) groups excluding carboxylic acids is 1. The summed E-state index contributed by atoms with van der Waals surface area (Å²) in [5.74, 6) is 0.894. The number of thioether (sulfide) groups is 1. The molecule has 0 radical (unpaired) electrons. The third-order valence-electron chi connectivity index (χ3n) is 3.82. The Morgan fingerprint density at radius 2 is 1.92 bits per heavy atom. The summed E-state index contributed by atoms with van der Waals surface area (Å²) in [4.78, 5) is 14.7. The quantitative estimate of drug-likeness (QED) is 0.602. The number of halogens is 1. The molecule has 126 valence electrons. The highest BCUT2D eigenvalue weighted by molar-refractivity contribution is 8.26. The minimum absolute atomic E-state index is 0.156. The van der Waals surface area contributed by atoms with Crippen molar-refractivity contribution in [3.05, 3.63) is 64.3 Å². The molecule has 0 aromatic heterocycles. The number of ether oxygens (including phenoxy) is 2. The van der Waals surface area contributed by atoms with Crippen LogP contribution in [0.2, 0.25) is 0 Å². The molecule has 2 aromatic rings. The summed E-state index contributed by atoms with van der Waals surface area (Å²) in [6.07, 6.45) is 1.78. The predicted octanol–water partition coefficient (Wildman–Crippen LogP) is 3.96. The van der Waals surface area contributed by atoms with Crippen LogP contribution in [-0.4, -0.2) is 21.9 Å². The minimum atomic E-state index is -0.308. The Morgan fingerprint density at radius 1 is 1.16 bits per heavy atom. The van der Waals surface area contributed by atoms with E-state index in [-0.39, 0.29) is 18.5 Å². The first kappa shape index (κ1) is 16.1. The zero-order valence-corrected chi connectivity index (χ0v) is 14.5. The molecule has 2 aliphatic heterocycles. The first-order valence-electron chi connectivity index (χ1n) is 7.49. The van der Waals surface area contributed by atoms with Gasteiger partial charge in [-0.25, -0.2) is 4.39 Å². The number of hydrogen-bond acceptors (Lipinski definition) is 5. The molecular formula is C18H12FNO3S2. The van der Waals surface area contributed by atoms with Crippen LogP contribution in [0.5, 0.6) is 11.5 Å². The molecule has 0 N–H and O–H groups in total. The van der Waals surface area contributed by atoms with E-state index >= 15 is 0 Å². The van der Waals surface area contributed by atoms with E-state index in [1.165, 1.54) is 28.8 Å². The summed E-state index contributed by atoms with van der Waals surface area (Å²) in [5, 5.41) is 0. The molecule has 1 amide bonds. The zero-order valence-electron chi connectivity index (χ0n) is 12.9. The molecule has 2 aromatic carbocycles. The largest absolute Gasteiger partial charge is 0.454 e. The summed E-state index contributed by atoms with van der Waals surface area (Å²) in [7, 11) is 0. The van der Waals surface area contributed by atoms with Gasteiger partial charge in [-0.15, -0.1) is 0 Å². The summed E-state index contributed by atoms with van der Waals surface area (Å²) in [5.41, 5.74) is 1.66. The smallest absolute Gasteiger partial charge is 0.266 e. The molecule has 25 heavy (non-hydrogen) atoms. The number of carbonyl (C=O) groups is 1. The maximum atomic E-state index is 13.0. The van der Waals surface area contributed by atoms with Crippen molar-refractivity contribution in [1.29, 1.82) is 0 Å². The van der Waals surface area contributed by atoms with Gasteiger partial charge in [-0.1, -0.05) is 42.2 Å². The average molecular weight is 373 g/mol. The van der Waals surface area contributed by atoms with Crippen LogP contribution in [-0.2, 0) is 11.3 Å². The van der Waals surface area contributed by atoms with Crippen molar-refractivity contribution in [2.75, 3.05) is 6.79 Å². The SMILES string of the molecule is O=C1/C(=C/c2ccc3c(c2)OCO3)SC(=S)N1Cc1ccc(F)cc1. The Balaban J connectivity index is 1.55. The molecule has 0 spiro atoms. The molecule has 2 heterocycles. The first-order valence-corrected chi connectivity index (χ1v) is 8.72. The van der Waals surface area contributed by atoms with E-state index in [0.29, 0.717) is 27.3 Å². The van der Waals surface area contributed by atoms with Gasteiger partial charge in [-0.3, -0.25) is 9.69 Å². The standard InChI is InChI=1S/C18H12FNO3S2/c19-13-4-1-11(2-5-13)9-20-17(21)16(25-18(20)24)8-12-3-6-14-15(7-12)23-10-22-14/h1-8H,9-10H2/b16-8-. The Labute approximate surface area is 153 Å². The van der Waals surface area contributed by atoms with E-state index in [9.17, 15) is 9.18 Å². The van der Waals surface area contributed by atoms with Gasteiger partial charge < -0.3 is 9.47 Å². The van der Waals surface area contributed by atoms with Crippen LogP contribution in [0.15, 0.2) is 47.4 Å². The fourth-order valence-electron chi connectivity index (χ4n) is 2.56. The van der Waals surface area contributed by atoms with E-state index < -0.39 is 0 Å². The number of thiocarbonyl (C=S) groups is 1. The molecule has 1 fully saturated rings. The normalized spacial score (nSPS) is 17.6. The highest BCUT2D eigenvalue weighted by Gasteiger charge is 2.32. The van der Waals surface area contributed by atoms with Gasteiger partial charge >= 0.3 is 0 Å². The third kappa shape index (κ3) is 3.25. The number of benzene rings is 2. The number of amides is 1. The summed E-state index contributed by atoms with van der Waals surface area (Å²) >= 11 is 6.58. The molecule has 4 rings (SSSR count). The van der Waals surface area contributed by atoms with Gasteiger partial charge in [0.15, 0.2) is 11.5 Å². The van der Waals surface area contributed by atoms with Crippen molar-refractivity contribution < 1.29 is 18.7 Å². The Bertz CT molecular complexity index is 896. The lowest BCUT2D eigenvalue weighted by atomic mass is 10.2. The molecule has 0 saturated carbocycles. The third-order valence-corrected chi connectivity index (χ3v) is 5.20. The fraction of sp³-hybridized carbons (Fsp3) is 0.111. The summed E-state index contributed by atoms with van der Waals surface area (Å²) < 4.78 is 24.1. The second kappa shape index (κ2) is 6.50. The van der Waals surface area contributed by atoms with E-state index in [1.807, 2.05) is 18.2 Å². The lowest BCUT2D eigenvalue weighted by Gasteiger charge is -2.14. The maximum absolute atomic E-state index is 13.0. The maximum Gasteiger partial charge on any atom is 0.266 e. The van der Waals surface area contributed by atoms with Crippen LogP contribution < -0.4 is 9.47 Å². The van der Waals surface area contributed by atoms with E-state index in [1.54, 1.807) is 18.2 Å². The average Bonchev–Trinajstić information content (AvgIpc) is 3.16. The molecule has 7 heteroatoms. The van der Waals surface area contributed by atoms with Gasteiger partial charge in [0.2, 0.25) is 6.79 Å². The monoisotopic (exact) mass is 373 g/mol. The Morgan fingerprint density at radius 3 is 2.72 bits per heavy atom. The second-order valence-electron chi connectivity index (χ2n) is 5.51. The summed E-state index contributed by atoms with van der Waals surface area (Å²) in [6.45, 7) is 0.530. The van der Waals surface area contributed by atoms with E-state index in [0.717, 1.165) is 11.1 Å². The van der Waals surface area contributed by atoms with Gasteiger partial charge in [-0.2, -0.15) is 0 Å². The predicted molar refractivity (Wildman–Crippen MR) is 97.7 cm³/mol. The van der Waals surface area contributed by atoms with E-state index in [2.05, 4.69) is 0 Å². The van der Waals surface area contributed by atoms with Crippen molar-refractivity contribution in [1.82, 2.24) is 4.90 Å². The second-order valence-corrected chi connectivity index (χ2v) is 7.18. The zero-order chi connectivity index (χ0) is 17.4. The molecule has 4 nitrogen and oxygen atoms in total. The molecular weight excluding hydrogens is 361 g/mol. The lowest BCUT2D eigenvalue weighted by molar-refractivity contribution is -0.122. The molecule has 0 unspecified atom stereocenters. The van der Waals surface area contributed by atoms with Gasteiger partial charge in [0.25, 0.3) is 5.91 Å². The van der Waals surface area contributed by atoms with Crippen molar-refractivity contribution in [2.24, 2.45) is 0 Å². The van der Waals surface area contributed by atoms with Crippen molar-refractivity contribution in [2.45, 2.75) is 6.54 Å². The topological polar surface area (TPSA) is 38.8 Å². The van der Waals surface area contributed by atoms with Crippen LogP contribution in [0.25, 0.3) is 6.08 Å². The first-order chi connectivity index (χ1) is 12.1. The molecule has 0 aliphatic carbocycles. The van der Waals surface area contributed by atoms with Crippen molar-refractivity contribution >= 4 is 40.3 Å². The van der Waals surface area contributed by atoms with Crippen LogP contribution in [0.3, 0.4) is 0 Å². The number of hydrogen-bond donors (Lipinski definition) is 0. The molecule has 1 saturated heterocycles. The number of rotatable bonds is 3. The highest BCUT2D eigenvalue weighted by atomic mass is 32.2. The molecule has 0 atom stereocenters. The highest BCUT2D eigenvalue weighted by Crippen LogP contribution is 2.36. The minimum Gasteiger partial charge on any atom is -0.454 e. The fourth-order valence-corrected chi connectivity index (χ4v) is 3.82. The van der Waals surface area contributed by atoms with Gasteiger partial charge in [-0.05, 0) is 41.5 Å². The van der Waals surface area contributed by atoms with Crippen LogP contribution in [0.4, 0.5) is 4.39 Å². The van der Waals surface area contributed by atoms with Gasteiger partial charge in [0.05, 0.1) is 11.4 Å². The van der Waals surface area contributed by atoms with Gasteiger partial charge in [0.1, 0.15) is 10.1 Å². The summed E-state index contributed by atoms with van der Waals surface area (Å²) in [6, 6.07) is 11.5. The van der Waals surface area contributed by atoms with Crippen LogP contribution in [0.1, 0.15) is 11.1 Å². The lowest BCUT2D eigenvalue weighted by Crippen LogP contribution is -2.27. The Hall–Kier alpha value is -2.38. The molecule has 2 aliphatic rings. The van der Waals surface area contributed by atoms with Crippen molar-refractivity contribution in [3.8, 4) is 11.5 Å². The van der Waals surface area contributed by atoms with E-state index in [4.69, 9.17) is 21.7 Å². The van der Waals surface area contributed by atoms with Gasteiger partial charge in [0, 0.05) is 0 Å². The van der Waals surface area contributed by atoms with Crippen LogP contribution in [0, 0.1) is 5.82 Å². The Kier molecular flexibility index (Phi) is 4.19.